The Kier molecular flexibility index (Phi) is 22.3. The molecule has 0 saturated heterocycles. The Morgan fingerprint density at radius 2 is 0.522 bits per heavy atom. The van der Waals surface area contributed by atoms with Crippen LogP contribution in [-0.4, -0.2) is 113 Å². The summed E-state index contributed by atoms with van der Waals surface area (Å²) in [7, 11) is 34.4. The predicted molar refractivity (Wildman–Crippen MR) is 108 cm³/mol. The molecule has 0 amide bonds. The zero-order chi connectivity index (χ0) is 19.3. The molecular weight excluding hydrogens is 467 g/mol. The van der Waals surface area contributed by atoms with E-state index < -0.39 is 0 Å². The summed E-state index contributed by atoms with van der Waals surface area (Å²) in [6, 6.07) is 0. The van der Waals surface area contributed by atoms with Crippen molar-refractivity contribution in [3.8, 4) is 0 Å². The maximum atomic E-state index is 4.81. The molecule has 0 aromatic heterocycles. The van der Waals surface area contributed by atoms with Crippen molar-refractivity contribution in [1.29, 1.82) is 0 Å². The fourth-order valence-corrected chi connectivity index (χ4v) is 6.44. The number of hydrogen-bond acceptors (Lipinski definition) is 6. The Morgan fingerprint density at radius 1 is 0.435 bits per heavy atom. The molecule has 23 heavy (non-hydrogen) atoms. The Hall–Kier alpha value is 1.86. The van der Waals surface area contributed by atoms with Gasteiger partial charge in [-0.3, -0.25) is 28.0 Å². The molecule has 0 aliphatic heterocycles. The molecule has 0 unspecified atom stereocenters. The second-order valence-corrected chi connectivity index (χ2v) is 13.9. The first-order chi connectivity index (χ1) is 10.3. The van der Waals surface area contributed by atoms with Gasteiger partial charge in [-0.2, -0.15) is 0 Å². The van der Waals surface area contributed by atoms with E-state index in [9.17, 15) is 0 Å². The van der Waals surface area contributed by atoms with Gasteiger partial charge in [0, 0.05) is 0 Å². The number of rotatable bonds is 6. The summed E-state index contributed by atoms with van der Waals surface area (Å²) < 4.78 is 13.4. The van der Waals surface area contributed by atoms with Crippen LogP contribution >= 0.6 is 35.8 Å². The van der Waals surface area contributed by atoms with Gasteiger partial charge in [0.1, 0.15) is 16.7 Å². The first kappa shape index (κ1) is 29.6. The average molecular weight is 504 g/mol. The maximum absolute atomic E-state index is 4.81. The first-order valence-corrected chi connectivity index (χ1v) is 13.2. The molecule has 0 bridgehead atoms. The molecule has 0 heterocycles. The van der Waals surface area contributed by atoms with Crippen molar-refractivity contribution < 1.29 is 15.9 Å². The third-order valence-electron chi connectivity index (χ3n) is 2.15. The standard InChI is InChI=1S/2C6H18N3P.2ClH.Pd/c2*1-7(2)10(8(3)4)9(5)6;;;/h2*1-6H3;2*1H;/q;;;;+2/p-2. The summed E-state index contributed by atoms with van der Waals surface area (Å²) in [4.78, 5) is 0. The molecule has 0 aromatic rings. The molecule has 0 radical (unpaired) electrons. The molecule has 0 aliphatic carbocycles. The molecule has 0 atom stereocenters. The van der Waals surface area contributed by atoms with Crippen LogP contribution in [0.3, 0.4) is 0 Å². The van der Waals surface area contributed by atoms with Crippen molar-refractivity contribution in [2.45, 2.75) is 0 Å². The van der Waals surface area contributed by atoms with Crippen molar-refractivity contribution in [3.05, 3.63) is 0 Å². The number of halogens is 2. The van der Waals surface area contributed by atoms with Gasteiger partial charge in [-0.1, -0.05) is 0 Å². The summed E-state index contributed by atoms with van der Waals surface area (Å²) in [5.74, 6) is 0. The van der Waals surface area contributed by atoms with Crippen molar-refractivity contribution in [2.75, 3.05) is 84.6 Å². The number of nitrogens with zero attached hydrogens (tertiary/aromatic N) is 6. The van der Waals surface area contributed by atoms with Crippen LogP contribution in [0.2, 0.25) is 0 Å². The van der Waals surface area contributed by atoms with E-state index in [2.05, 4.69) is 113 Å². The van der Waals surface area contributed by atoms with E-state index in [0.717, 1.165) is 0 Å². The molecule has 0 aliphatic rings. The van der Waals surface area contributed by atoms with Crippen LogP contribution in [0.4, 0.5) is 0 Å². The predicted octanol–water partition coefficient (Wildman–Crippen LogP) is 3.17. The Balaban J connectivity index is -0.000000297. The van der Waals surface area contributed by atoms with Gasteiger partial charge < -0.3 is 0 Å². The second kappa shape index (κ2) is 17.3. The van der Waals surface area contributed by atoms with E-state index in [1.54, 1.807) is 0 Å². The summed E-state index contributed by atoms with van der Waals surface area (Å²) in [6.07, 6.45) is 0. The Labute approximate surface area is 164 Å². The van der Waals surface area contributed by atoms with Crippen LogP contribution in [0.5, 0.6) is 0 Å². The van der Waals surface area contributed by atoms with Crippen LogP contribution in [0, 0.1) is 0 Å². The second-order valence-electron chi connectivity index (χ2n) is 5.67. The average Bonchev–Trinajstić information content (AvgIpc) is 2.26. The molecule has 0 rings (SSSR count). The molecule has 0 spiro atoms. The van der Waals surface area contributed by atoms with Gasteiger partial charge in [-0.15, -0.1) is 0 Å². The van der Waals surface area contributed by atoms with Gasteiger partial charge in [0.25, 0.3) is 0 Å². The fourth-order valence-electron chi connectivity index (χ4n) is 2.15. The molecular formula is C12H36Cl2N6P2Pd. The van der Waals surface area contributed by atoms with Gasteiger partial charge in [-0.05, 0) is 84.6 Å². The van der Waals surface area contributed by atoms with E-state index >= 15 is 0 Å². The van der Waals surface area contributed by atoms with Crippen LogP contribution < -0.4 is 0 Å². The van der Waals surface area contributed by atoms with Gasteiger partial charge >= 0.3 is 35.0 Å². The summed E-state index contributed by atoms with van der Waals surface area (Å²) >= 11 is -0.106. The fraction of sp³-hybridized carbons (Fsp3) is 1.00. The minimum absolute atomic E-state index is 0.106. The van der Waals surface area contributed by atoms with E-state index in [0.29, 0.717) is 0 Å². The van der Waals surface area contributed by atoms with Crippen molar-refractivity contribution in [2.24, 2.45) is 0 Å². The van der Waals surface area contributed by atoms with Crippen LogP contribution in [0.15, 0.2) is 0 Å². The normalized spacial score (nSPS) is 11.9. The SMILES string of the molecule is CN(C)P(N(C)C)N(C)C.CN(C)P(N(C)C)N(C)C.[Cl][Pd][Cl]. The van der Waals surface area contributed by atoms with E-state index in [1.165, 1.54) is 0 Å². The van der Waals surface area contributed by atoms with Gasteiger partial charge in [0.2, 0.25) is 0 Å². The number of hydrogen-bond donors (Lipinski definition) is 0. The minimum atomic E-state index is -0.238. The first-order valence-electron chi connectivity index (χ1n) is 6.81. The van der Waals surface area contributed by atoms with E-state index in [-0.39, 0.29) is 32.7 Å². The molecule has 6 nitrogen and oxygen atoms in total. The zero-order valence-corrected chi connectivity index (χ0v) is 21.5. The molecule has 0 N–H and O–H groups in total. The summed E-state index contributed by atoms with van der Waals surface area (Å²) in [5, 5.41) is 0. The van der Waals surface area contributed by atoms with Gasteiger partial charge in [0.05, 0.1) is 0 Å². The molecule has 0 saturated carbocycles. The molecule has 0 aromatic carbocycles. The van der Waals surface area contributed by atoms with E-state index in [4.69, 9.17) is 19.1 Å². The van der Waals surface area contributed by atoms with Crippen molar-refractivity contribution in [1.82, 2.24) is 28.0 Å². The van der Waals surface area contributed by atoms with Crippen LogP contribution in [0.1, 0.15) is 0 Å². The summed E-state index contributed by atoms with van der Waals surface area (Å²) in [6.45, 7) is 0. The van der Waals surface area contributed by atoms with Crippen molar-refractivity contribution >= 4 is 35.8 Å². The quantitative estimate of drug-likeness (QED) is 0.407. The Morgan fingerprint density at radius 3 is 0.522 bits per heavy atom. The summed E-state index contributed by atoms with van der Waals surface area (Å²) in [5.41, 5.74) is 0. The molecule has 0 fully saturated rings. The van der Waals surface area contributed by atoms with Crippen LogP contribution in [0.25, 0.3) is 0 Å². The third kappa shape index (κ3) is 17.1. The van der Waals surface area contributed by atoms with Gasteiger partial charge in [-0.25, -0.2) is 0 Å². The van der Waals surface area contributed by atoms with Crippen LogP contribution in [-0.2, 0) is 15.9 Å². The zero-order valence-electron chi connectivity index (χ0n) is 16.6. The molecule has 148 valence electrons. The Bertz CT molecular complexity index is 200. The molecule has 11 heteroatoms. The third-order valence-corrected chi connectivity index (χ3v) is 6.44. The van der Waals surface area contributed by atoms with Crippen molar-refractivity contribution in [3.63, 3.8) is 0 Å². The monoisotopic (exact) mass is 502 g/mol. The van der Waals surface area contributed by atoms with Gasteiger partial charge in [0.15, 0.2) is 0 Å². The van der Waals surface area contributed by atoms with E-state index in [1.807, 2.05) is 0 Å². The topological polar surface area (TPSA) is 19.4 Å².